The van der Waals surface area contributed by atoms with Gasteiger partial charge < -0.3 is 10.2 Å². The molecule has 0 heterocycles. The third-order valence-electron chi connectivity index (χ3n) is 8.99. The van der Waals surface area contributed by atoms with E-state index < -0.39 is 0 Å². The average Bonchev–Trinajstić information content (AvgIpc) is 3.09. The Morgan fingerprint density at radius 2 is 1.82 bits per heavy atom. The minimum Gasteiger partial charge on any atom is -0.508 e. The highest BCUT2D eigenvalue weighted by molar-refractivity contribution is 5.57. The van der Waals surface area contributed by atoms with Crippen LogP contribution in [-0.2, 0) is 18.3 Å². The summed E-state index contributed by atoms with van der Waals surface area (Å²) >= 11 is 0. The van der Waals surface area contributed by atoms with Crippen molar-refractivity contribution < 1.29 is 10.2 Å². The van der Waals surface area contributed by atoms with Gasteiger partial charge in [-0.2, -0.15) is 0 Å². The molecule has 0 amide bonds. The summed E-state index contributed by atoms with van der Waals surface area (Å²) in [5, 5.41) is 21.3. The van der Waals surface area contributed by atoms with Gasteiger partial charge in [0.2, 0.25) is 0 Å². The van der Waals surface area contributed by atoms with Crippen LogP contribution in [0.2, 0.25) is 0 Å². The Kier molecular flexibility index (Phi) is 5.93. The predicted octanol–water partition coefficient (Wildman–Crippen LogP) is 7.19. The van der Waals surface area contributed by atoms with Crippen LogP contribution in [-0.4, -0.2) is 16.3 Å². The quantitative estimate of drug-likeness (QED) is 0.463. The van der Waals surface area contributed by atoms with Crippen molar-refractivity contribution in [2.75, 3.05) is 0 Å². The Bertz CT molecular complexity index is 1050. The number of rotatable bonds is 6. The van der Waals surface area contributed by atoms with E-state index in [1.165, 1.54) is 47.9 Å². The molecule has 2 aromatic rings. The number of aliphatic hydroxyl groups excluding tert-OH is 1. The second kappa shape index (κ2) is 8.62. The van der Waals surface area contributed by atoms with Gasteiger partial charge in [0.1, 0.15) is 5.75 Å². The smallest absolute Gasteiger partial charge is 0.116 e. The molecule has 0 radical (unpaired) electrons. The molecule has 176 valence electrons. The summed E-state index contributed by atoms with van der Waals surface area (Å²) in [5.74, 6) is 1.13. The number of phenols is 1. The lowest BCUT2D eigenvalue weighted by atomic mass is 9.52. The van der Waals surface area contributed by atoms with Crippen LogP contribution in [0.3, 0.4) is 0 Å². The summed E-state index contributed by atoms with van der Waals surface area (Å²) in [4.78, 5) is 0. The van der Waals surface area contributed by atoms with Gasteiger partial charge in [-0.3, -0.25) is 0 Å². The van der Waals surface area contributed by atoms with Gasteiger partial charge in [0.25, 0.3) is 0 Å². The Hall–Kier alpha value is -2.06. The molecule has 0 aliphatic heterocycles. The molecular weight excluding hydrogens is 404 g/mol. The average molecular weight is 445 g/mol. The SMILES string of the molecule is Cc1cc(O)cc2c1[C@@]1(Cc3ccccc3)CC[C@@]3(CCCC(C)C)C[C@@H](O)CC3=C1CC2. The van der Waals surface area contributed by atoms with Crippen LogP contribution in [0.15, 0.2) is 53.6 Å². The van der Waals surface area contributed by atoms with Crippen molar-refractivity contribution in [2.45, 2.75) is 96.5 Å². The van der Waals surface area contributed by atoms with Crippen LogP contribution in [0, 0.1) is 18.3 Å². The lowest BCUT2D eigenvalue weighted by molar-refractivity contribution is 0.141. The molecule has 2 N–H and O–H groups in total. The summed E-state index contributed by atoms with van der Waals surface area (Å²) < 4.78 is 0. The van der Waals surface area contributed by atoms with Crippen molar-refractivity contribution >= 4 is 0 Å². The third-order valence-corrected chi connectivity index (χ3v) is 8.99. The van der Waals surface area contributed by atoms with E-state index in [0.717, 1.165) is 44.4 Å². The second-order valence-corrected chi connectivity index (χ2v) is 11.6. The topological polar surface area (TPSA) is 40.5 Å². The molecule has 0 aromatic heterocycles. The minimum absolute atomic E-state index is 0.00629. The molecule has 0 bridgehead atoms. The molecule has 1 saturated carbocycles. The van der Waals surface area contributed by atoms with Crippen molar-refractivity contribution in [1.29, 1.82) is 0 Å². The van der Waals surface area contributed by atoms with Crippen LogP contribution in [0.4, 0.5) is 0 Å². The summed E-state index contributed by atoms with van der Waals surface area (Å²) in [6.07, 6.45) is 10.8. The van der Waals surface area contributed by atoms with E-state index in [4.69, 9.17) is 0 Å². The first kappa shape index (κ1) is 22.7. The van der Waals surface area contributed by atoms with E-state index in [1.54, 1.807) is 11.1 Å². The highest BCUT2D eigenvalue weighted by Gasteiger charge is 2.54. The Morgan fingerprint density at radius 1 is 1.03 bits per heavy atom. The van der Waals surface area contributed by atoms with E-state index >= 15 is 0 Å². The third kappa shape index (κ3) is 3.95. The van der Waals surface area contributed by atoms with E-state index in [2.05, 4.69) is 51.1 Å². The number of allylic oxidation sites excluding steroid dienone is 1. The number of aromatic hydroxyl groups is 1. The zero-order chi connectivity index (χ0) is 23.2. The highest BCUT2D eigenvalue weighted by atomic mass is 16.3. The van der Waals surface area contributed by atoms with Gasteiger partial charge in [0.15, 0.2) is 0 Å². The van der Waals surface area contributed by atoms with E-state index in [1.807, 2.05) is 12.1 Å². The zero-order valence-corrected chi connectivity index (χ0v) is 20.7. The van der Waals surface area contributed by atoms with Crippen molar-refractivity contribution in [3.63, 3.8) is 0 Å². The number of fused-ring (bicyclic) bond motifs is 4. The molecule has 33 heavy (non-hydrogen) atoms. The maximum absolute atomic E-state index is 10.9. The van der Waals surface area contributed by atoms with E-state index in [9.17, 15) is 10.2 Å². The second-order valence-electron chi connectivity index (χ2n) is 11.6. The summed E-state index contributed by atoms with van der Waals surface area (Å²) in [7, 11) is 0. The van der Waals surface area contributed by atoms with Gasteiger partial charge in [-0.1, -0.05) is 68.2 Å². The van der Waals surface area contributed by atoms with Crippen molar-refractivity contribution in [3.8, 4) is 5.75 Å². The first-order valence-corrected chi connectivity index (χ1v) is 13.1. The number of hydrogen-bond donors (Lipinski definition) is 2. The lowest BCUT2D eigenvalue weighted by Gasteiger charge is -2.51. The molecule has 1 fully saturated rings. The number of benzene rings is 2. The fourth-order valence-corrected chi connectivity index (χ4v) is 7.79. The largest absolute Gasteiger partial charge is 0.508 e. The van der Waals surface area contributed by atoms with Gasteiger partial charge in [-0.15, -0.1) is 0 Å². The van der Waals surface area contributed by atoms with Gasteiger partial charge >= 0.3 is 0 Å². The maximum atomic E-state index is 10.9. The molecule has 3 aliphatic carbocycles. The first-order chi connectivity index (χ1) is 15.8. The summed E-state index contributed by atoms with van der Waals surface area (Å²) in [6, 6.07) is 14.9. The lowest BCUT2D eigenvalue weighted by Crippen LogP contribution is -2.43. The number of aryl methyl sites for hydroxylation is 2. The maximum Gasteiger partial charge on any atom is 0.116 e. The Balaban J connectivity index is 1.66. The van der Waals surface area contributed by atoms with Gasteiger partial charge in [-0.25, -0.2) is 0 Å². The number of phenolic OH excluding ortho intramolecular Hbond substituents is 1. The Labute approximate surface area is 199 Å². The fraction of sp³-hybridized carbons (Fsp3) is 0.548. The molecule has 3 atom stereocenters. The molecule has 2 heteroatoms. The minimum atomic E-state index is -0.193. The molecule has 0 unspecified atom stereocenters. The molecule has 0 saturated heterocycles. The summed E-state index contributed by atoms with van der Waals surface area (Å²) in [6.45, 7) is 6.83. The monoisotopic (exact) mass is 444 g/mol. The molecule has 2 aromatic carbocycles. The van der Waals surface area contributed by atoms with Crippen molar-refractivity contribution in [1.82, 2.24) is 0 Å². The zero-order valence-electron chi connectivity index (χ0n) is 20.7. The summed E-state index contributed by atoms with van der Waals surface area (Å²) in [5.41, 5.74) is 8.86. The van der Waals surface area contributed by atoms with Crippen molar-refractivity contribution in [2.24, 2.45) is 11.3 Å². The van der Waals surface area contributed by atoms with Crippen LogP contribution in [0.1, 0.15) is 87.5 Å². The van der Waals surface area contributed by atoms with Crippen LogP contribution >= 0.6 is 0 Å². The first-order valence-electron chi connectivity index (χ1n) is 13.1. The van der Waals surface area contributed by atoms with Crippen LogP contribution in [0.5, 0.6) is 5.75 Å². The molecule has 3 aliphatic rings. The van der Waals surface area contributed by atoms with Crippen molar-refractivity contribution in [3.05, 3.63) is 75.9 Å². The molecular formula is C31H40O2. The fourth-order valence-electron chi connectivity index (χ4n) is 7.79. The van der Waals surface area contributed by atoms with Crippen LogP contribution < -0.4 is 0 Å². The van der Waals surface area contributed by atoms with E-state index in [-0.39, 0.29) is 16.9 Å². The standard InChI is InChI=1S/C31H40O2/c1-21(2)8-7-13-30-14-15-31(19-23-9-5-4-6-10-23)27(28(30)18-26(33)20-30)12-11-24-17-25(32)16-22(3)29(24)31/h4-6,9-10,16-17,21,26,32-33H,7-8,11-15,18-20H2,1-3H3/t26-,30-,31+/m0/s1. The highest BCUT2D eigenvalue weighted by Crippen LogP contribution is 2.63. The van der Waals surface area contributed by atoms with Gasteiger partial charge in [-0.05, 0) is 104 Å². The number of aliphatic hydroxyl groups is 1. The predicted molar refractivity (Wildman–Crippen MR) is 136 cm³/mol. The molecule has 0 spiro atoms. The number of hydrogen-bond acceptors (Lipinski definition) is 2. The molecule has 2 nitrogen and oxygen atoms in total. The van der Waals surface area contributed by atoms with E-state index in [0.29, 0.717) is 5.75 Å². The van der Waals surface area contributed by atoms with Crippen LogP contribution in [0.25, 0.3) is 0 Å². The Morgan fingerprint density at radius 3 is 2.58 bits per heavy atom. The van der Waals surface area contributed by atoms with Gasteiger partial charge in [0, 0.05) is 5.41 Å². The normalized spacial score (nSPS) is 28.6. The molecule has 5 rings (SSSR count). The van der Waals surface area contributed by atoms with Gasteiger partial charge in [0.05, 0.1) is 6.10 Å².